The van der Waals surface area contributed by atoms with Gasteiger partial charge in [0.25, 0.3) is 0 Å². The quantitative estimate of drug-likeness (QED) is 0.760. The molecule has 3 unspecified atom stereocenters. The summed E-state index contributed by atoms with van der Waals surface area (Å²) in [6.07, 6.45) is 5.75. The molecule has 3 atom stereocenters. The molecule has 0 saturated carbocycles. The zero-order chi connectivity index (χ0) is 19.1. The highest BCUT2D eigenvalue weighted by atomic mass is 16.5. The van der Waals surface area contributed by atoms with Crippen LogP contribution in [-0.2, 0) is 0 Å². The third-order valence-corrected chi connectivity index (χ3v) is 5.86. The maximum atomic E-state index is 5.58. The molecule has 1 N–H and O–H groups in total. The van der Waals surface area contributed by atoms with Gasteiger partial charge in [0.15, 0.2) is 11.5 Å². The van der Waals surface area contributed by atoms with Crippen molar-refractivity contribution in [3.8, 4) is 17.2 Å². The van der Waals surface area contributed by atoms with Crippen LogP contribution in [0.25, 0.3) is 0 Å². The molecule has 2 aromatic carbocycles. The van der Waals surface area contributed by atoms with Crippen LogP contribution >= 0.6 is 0 Å². The molecule has 1 aliphatic heterocycles. The normalized spacial score (nSPS) is 22.6. The summed E-state index contributed by atoms with van der Waals surface area (Å²) in [4.78, 5) is 0. The molecule has 142 valence electrons. The topological polar surface area (TPSA) is 39.7 Å². The number of benzene rings is 2. The molecule has 0 amide bonds. The first-order valence-corrected chi connectivity index (χ1v) is 9.41. The lowest BCUT2D eigenvalue weighted by Crippen LogP contribution is -2.29. The second-order valence-corrected chi connectivity index (χ2v) is 7.48. The summed E-state index contributed by atoms with van der Waals surface area (Å²) in [5.41, 5.74) is 6.47. The molecule has 4 heteroatoms. The zero-order valence-corrected chi connectivity index (χ0v) is 16.6. The summed E-state index contributed by atoms with van der Waals surface area (Å²) in [5, 5.41) is 3.81. The first kappa shape index (κ1) is 17.8. The molecular formula is C23H27NO3. The monoisotopic (exact) mass is 365 g/mol. The number of allylic oxidation sites excluding steroid dienone is 2. The van der Waals surface area contributed by atoms with Crippen LogP contribution in [0.2, 0.25) is 0 Å². The Morgan fingerprint density at radius 1 is 0.926 bits per heavy atom. The minimum Gasteiger partial charge on any atom is -0.493 e. The lowest BCUT2D eigenvalue weighted by atomic mass is 9.75. The fraction of sp³-hybridized carbons (Fsp3) is 0.391. The van der Waals surface area contributed by atoms with Crippen LogP contribution in [0.4, 0.5) is 5.69 Å². The summed E-state index contributed by atoms with van der Waals surface area (Å²) < 4.78 is 16.7. The summed E-state index contributed by atoms with van der Waals surface area (Å²) in [7, 11) is 4.96. The molecular weight excluding hydrogens is 338 g/mol. The Labute approximate surface area is 161 Å². The van der Waals surface area contributed by atoms with E-state index in [1.165, 1.54) is 22.4 Å². The van der Waals surface area contributed by atoms with E-state index in [0.29, 0.717) is 29.1 Å². The van der Waals surface area contributed by atoms with Gasteiger partial charge in [0.1, 0.15) is 0 Å². The number of nitrogens with one attached hydrogen (secondary N) is 1. The van der Waals surface area contributed by atoms with Crippen LogP contribution in [0.5, 0.6) is 17.2 Å². The molecule has 2 aromatic rings. The Morgan fingerprint density at radius 2 is 1.63 bits per heavy atom. The SMILES string of the molecule is COc1cc(C2Nc3cc(C)cc(C)c3C3C=CCC32)cc(OC)c1OC. The summed E-state index contributed by atoms with van der Waals surface area (Å²) in [6, 6.07) is 8.87. The van der Waals surface area contributed by atoms with Gasteiger partial charge >= 0.3 is 0 Å². The minimum atomic E-state index is 0.187. The van der Waals surface area contributed by atoms with E-state index < -0.39 is 0 Å². The van der Waals surface area contributed by atoms with Crippen molar-refractivity contribution in [3.63, 3.8) is 0 Å². The van der Waals surface area contributed by atoms with Gasteiger partial charge in [0.2, 0.25) is 5.75 Å². The number of methoxy groups -OCH3 is 3. The third-order valence-electron chi connectivity index (χ3n) is 5.86. The molecule has 27 heavy (non-hydrogen) atoms. The Balaban J connectivity index is 1.83. The molecule has 0 fully saturated rings. The van der Waals surface area contributed by atoms with Crippen molar-refractivity contribution in [1.82, 2.24) is 0 Å². The summed E-state index contributed by atoms with van der Waals surface area (Å²) in [5.74, 6) is 2.94. The second kappa shape index (κ2) is 6.84. The van der Waals surface area contributed by atoms with Crippen molar-refractivity contribution in [2.45, 2.75) is 32.2 Å². The van der Waals surface area contributed by atoms with E-state index in [9.17, 15) is 0 Å². The van der Waals surface area contributed by atoms with Crippen LogP contribution < -0.4 is 19.5 Å². The van der Waals surface area contributed by atoms with E-state index in [1.54, 1.807) is 21.3 Å². The fourth-order valence-corrected chi connectivity index (χ4v) is 4.75. The molecule has 0 radical (unpaired) electrons. The van der Waals surface area contributed by atoms with E-state index in [4.69, 9.17) is 14.2 Å². The van der Waals surface area contributed by atoms with Crippen molar-refractivity contribution in [1.29, 1.82) is 0 Å². The van der Waals surface area contributed by atoms with Crippen molar-refractivity contribution in [2.24, 2.45) is 5.92 Å². The van der Waals surface area contributed by atoms with Crippen LogP contribution in [-0.4, -0.2) is 21.3 Å². The van der Waals surface area contributed by atoms with E-state index >= 15 is 0 Å². The Bertz CT molecular complexity index is 878. The fourth-order valence-electron chi connectivity index (χ4n) is 4.75. The number of fused-ring (bicyclic) bond motifs is 3. The predicted octanol–water partition coefficient (Wildman–Crippen LogP) is 5.16. The molecule has 1 heterocycles. The van der Waals surface area contributed by atoms with Crippen LogP contribution in [0.15, 0.2) is 36.4 Å². The molecule has 2 aliphatic rings. The number of anilines is 1. The zero-order valence-electron chi connectivity index (χ0n) is 16.6. The van der Waals surface area contributed by atoms with Gasteiger partial charge in [-0.2, -0.15) is 0 Å². The molecule has 4 rings (SSSR count). The van der Waals surface area contributed by atoms with E-state index in [1.807, 2.05) is 0 Å². The third kappa shape index (κ3) is 2.84. The average Bonchev–Trinajstić information content (AvgIpc) is 3.14. The van der Waals surface area contributed by atoms with Gasteiger partial charge in [-0.1, -0.05) is 18.2 Å². The van der Waals surface area contributed by atoms with Gasteiger partial charge in [-0.3, -0.25) is 0 Å². The maximum absolute atomic E-state index is 5.58. The molecule has 0 bridgehead atoms. The van der Waals surface area contributed by atoms with Crippen LogP contribution in [0, 0.1) is 19.8 Å². The van der Waals surface area contributed by atoms with Crippen molar-refractivity contribution < 1.29 is 14.2 Å². The lowest BCUT2D eigenvalue weighted by Gasteiger charge is -2.39. The number of hydrogen-bond donors (Lipinski definition) is 1. The van der Waals surface area contributed by atoms with E-state index in [-0.39, 0.29) is 6.04 Å². The predicted molar refractivity (Wildman–Crippen MR) is 108 cm³/mol. The summed E-state index contributed by atoms with van der Waals surface area (Å²) >= 11 is 0. The van der Waals surface area contributed by atoms with Gasteiger partial charge in [-0.15, -0.1) is 0 Å². The Kier molecular flexibility index (Phi) is 4.50. The van der Waals surface area contributed by atoms with Gasteiger partial charge in [0, 0.05) is 11.6 Å². The second-order valence-electron chi connectivity index (χ2n) is 7.48. The number of hydrogen-bond acceptors (Lipinski definition) is 4. The highest BCUT2D eigenvalue weighted by Gasteiger charge is 2.39. The van der Waals surface area contributed by atoms with Crippen molar-refractivity contribution >= 4 is 5.69 Å². The first-order chi connectivity index (χ1) is 13.1. The molecule has 0 aromatic heterocycles. The molecule has 1 aliphatic carbocycles. The highest BCUT2D eigenvalue weighted by molar-refractivity contribution is 5.65. The van der Waals surface area contributed by atoms with Gasteiger partial charge in [-0.05, 0) is 66.6 Å². The van der Waals surface area contributed by atoms with E-state index in [2.05, 4.69) is 55.6 Å². The standard InChI is InChI=1S/C23H27NO3/c1-13-9-14(2)21-16-7-6-8-17(16)22(24-18(21)10-13)15-11-19(25-3)23(27-5)20(12-15)26-4/h6-7,9-12,16-17,22,24H,8H2,1-5H3. The average molecular weight is 365 g/mol. The molecule has 0 spiro atoms. The van der Waals surface area contributed by atoms with Gasteiger partial charge in [0.05, 0.1) is 27.4 Å². The highest BCUT2D eigenvalue weighted by Crippen LogP contribution is 2.52. The number of rotatable bonds is 4. The van der Waals surface area contributed by atoms with Crippen LogP contribution in [0.1, 0.15) is 40.6 Å². The summed E-state index contributed by atoms with van der Waals surface area (Å²) in [6.45, 7) is 4.37. The largest absolute Gasteiger partial charge is 0.493 e. The number of ether oxygens (including phenoxy) is 3. The Hall–Kier alpha value is -2.62. The van der Waals surface area contributed by atoms with Crippen molar-refractivity contribution in [2.75, 3.05) is 26.6 Å². The number of aryl methyl sites for hydroxylation is 2. The smallest absolute Gasteiger partial charge is 0.203 e. The van der Waals surface area contributed by atoms with Crippen LogP contribution in [0.3, 0.4) is 0 Å². The van der Waals surface area contributed by atoms with Gasteiger partial charge in [-0.25, -0.2) is 0 Å². The Morgan fingerprint density at radius 3 is 2.26 bits per heavy atom. The first-order valence-electron chi connectivity index (χ1n) is 9.41. The van der Waals surface area contributed by atoms with E-state index in [0.717, 1.165) is 12.0 Å². The van der Waals surface area contributed by atoms with Crippen molar-refractivity contribution in [3.05, 3.63) is 58.7 Å². The minimum absolute atomic E-state index is 0.187. The molecule has 4 nitrogen and oxygen atoms in total. The molecule has 0 saturated heterocycles. The maximum Gasteiger partial charge on any atom is 0.203 e. The van der Waals surface area contributed by atoms with Gasteiger partial charge < -0.3 is 19.5 Å². The lowest BCUT2D eigenvalue weighted by molar-refractivity contribution is 0.322.